The van der Waals surface area contributed by atoms with E-state index in [1.54, 1.807) is 12.1 Å². The molecular weight excluding hydrogens is 268 g/mol. The molecule has 20 heavy (non-hydrogen) atoms. The van der Waals surface area contributed by atoms with Crippen molar-refractivity contribution < 1.29 is 22.7 Å². The summed E-state index contributed by atoms with van der Waals surface area (Å²) in [5.41, 5.74) is -0.609. The van der Waals surface area contributed by atoms with Gasteiger partial charge in [0.25, 0.3) is 5.91 Å². The van der Waals surface area contributed by atoms with Crippen LogP contribution in [0.4, 0.5) is 8.78 Å². The predicted molar refractivity (Wildman–Crippen MR) is 67.1 cm³/mol. The van der Waals surface area contributed by atoms with E-state index < -0.39 is 29.2 Å². The number of carbonyl (C=O) groups is 1. The maximum atomic E-state index is 13.4. The summed E-state index contributed by atoms with van der Waals surface area (Å²) in [5, 5.41) is 2.42. The highest BCUT2D eigenvalue weighted by atomic mass is 19.1. The fourth-order valence-electron chi connectivity index (χ4n) is 1.76. The maximum absolute atomic E-state index is 13.4. The van der Waals surface area contributed by atoms with Gasteiger partial charge in [-0.15, -0.1) is 0 Å². The Morgan fingerprint density at radius 3 is 2.55 bits per heavy atom. The highest BCUT2D eigenvalue weighted by molar-refractivity contribution is 5.94. The second kappa shape index (κ2) is 6.29. The Hall–Kier alpha value is -2.21. The topological polar surface area (TPSA) is 51.5 Å². The molecule has 106 valence electrons. The van der Waals surface area contributed by atoms with Gasteiger partial charge in [0, 0.05) is 7.11 Å². The summed E-state index contributed by atoms with van der Waals surface area (Å²) < 4.78 is 37.2. The Morgan fingerprint density at radius 2 is 2.00 bits per heavy atom. The Bertz CT molecular complexity index is 564. The number of methoxy groups -OCH3 is 1. The molecule has 4 nitrogen and oxygen atoms in total. The molecule has 2 aromatic rings. The van der Waals surface area contributed by atoms with Crippen molar-refractivity contribution in [3.63, 3.8) is 0 Å². The zero-order chi connectivity index (χ0) is 14.5. The Morgan fingerprint density at radius 1 is 1.30 bits per heavy atom. The number of hydrogen-bond donors (Lipinski definition) is 1. The molecule has 0 spiro atoms. The lowest BCUT2D eigenvalue weighted by atomic mass is 10.1. The molecule has 0 saturated heterocycles. The summed E-state index contributed by atoms with van der Waals surface area (Å²) in [5.74, 6) is -2.14. The second-order valence-electron chi connectivity index (χ2n) is 4.05. The summed E-state index contributed by atoms with van der Waals surface area (Å²) >= 11 is 0. The molecule has 0 aliphatic rings. The molecule has 6 heteroatoms. The van der Waals surface area contributed by atoms with Crippen molar-refractivity contribution in [2.24, 2.45) is 0 Å². The SMILES string of the molecule is COC(CNC(=O)c1c(F)cccc1F)c1ccco1. The van der Waals surface area contributed by atoms with Crippen LogP contribution in [-0.4, -0.2) is 19.6 Å². The normalized spacial score (nSPS) is 12.2. The second-order valence-corrected chi connectivity index (χ2v) is 4.05. The standard InChI is InChI=1S/C14H13F2NO3/c1-19-12(11-6-3-7-20-11)8-17-14(18)13-9(15)4-2-5-10(13)16/h2-7,12H,8H2,1H3,(H,17,18). The van der Waals surface area contributed by atoms with Crippen LogP contribution in [0.5, 0.6) is 0 Å². The number of hydrogen-bond acceptors (Lipinski definition) is 3. The van der Waals surface area contributed by atoms with E-state index in [0.29, 0.717) is 5.76 Å². The van der Waals surface area contributed by atoms with Crippen LogP contribution in [0.3, 0.4) is 0 Å². The van der Waals surface area contributed by atoms with Crippen molar-refractivity contribution in [3.05, 3.63) is 59.6 Å². The maximum Gasteiger partial charge on any atom is 0.257 e. The van der Waals surface area contributed by atoms with Gasteiger partial charge in [-0.25, -0.2) is 8.78 Å². The number of ether oxygens (including phenoxy) is 1. The van der Waals surface area contributed by atoms with Gasteiger partial charge in [0.2, 0.25) is 0 Å². The number of rotatable bonds is 5. The van der Waals surface area contributed by atoms with Crippen molar-refractivity contribution in [3.8, 4) is 0 Å². The Kier molecular flexibility index (Phi) is 4.47. The van der Waals surface area contributed by atoms with E-state index >= 15 is 0 Å². The van der Waals surface area contributed by atoms with Gasteiger partial charge in [0.15, 0.2) is 0 Å². The number of benzene rings is 1. The van der Waals surface area contributed by atoms with Crippen LogP contribution >= 0.6 is 0 Å². The van der Waals surface area contributed by atoms with Gasteiger partial charge in [0.1, 0.15) is 29.1 Å². The zero-order valence-electron chi connectivity index (χ0n) is 10.7. The van der Waals surface area contributed by atoms with E-state index in [4.69, 9.17) is 9.15 Å². The van der Waals surface area contributed by atoms with Crippen molar-refractivity contribution in [1.82, 2.24) is 5.32 Å². The minimum absolute atomic E-state index is 0.0383. The van der Waals surface area contributed by atoms with E-state index in [9.17, 15) is 13.6 Å². The molecule has 1 N–H and O–H groups in total. The molecule has 1 aromatic heterocycles. The molecule has 0 aliphatic heterocycles. The number of furan rings is 1. The van der Waals surface area contributed by atoms with Crippen molar-refractivity contribution >= 4 is 5.91 Å². The van der Waals surface area contributed by atoms with E-state index in [1.807, 2.05) is 0 Å². The third-order valence-electron chi connectivity index (χ3n) is 2.78. The molecule has 1 heterocycles. The van der Waals surface area contributed by atoms with Crippen LogP contribution < -0.4 is 5.32 Å². The monoisotopic (exact) mass is 281 g/mol. The number of halogens is 2. The Balaban J connectivity index is 2.05. The molecule has 0 radical (unpaired) electrons. The number of carbonyl (C=O) groups excluding carboxylic acids is 1. The lowest BCUT2D eigenvalue weighted by Gasteiger charge is -2.14. The molecular formula is C14H13F2NO3. The minimum atomic E-state index is -0.908. The number of nitrogens with one attached hydrogen (secondary N) is 1. The largest absolute Gasteiger partial charge is 0.467 e. The van der Waals surface area contributed by atoms with Crippen LogP contribution in [0.25, 0.3) is 0 Å². The molecule has 0 bridgehead atoms. The van der Waals surface area contributed by atoms with Gasteiger partial charge < -0.3 is 14.5 Å². The summed E-state index contributed by atoms with van der Waals surface area (Å²) in [4.78, 5) is 11.8. The third kappa shape index (κ3) is 3.03. The van der Waals surface area contributed by atoms with Crippen molar-refractivity contribution in [2.45, 2.75) is 6.10 Å². The van der Waals surface area contributed by atoms with Crippen LogP contribution in [0.15, 0.2) is 41.0 Å². The average molecular weight is 281 g/mol. The van der Waals surface area contributed by atoms with Crippen molar-refractivity contribution in [2.75, 3.05) is 13.7 Å². The summed E-state index contributed by atoms with van der Waals surface area (Å²) in [6.45, 7) is 0.0383. The van der Waals surface area contributed by atoms with Gasteiger partial charge >= 0.3 is 0 Å². The van der Waals surface area contributed by atoms with Gasteiger partial charge in [-0.2, -0.15) is 0 Å². The first-order valence-corrected chi connectivity index (χ1v) is 5.92. The van der Waals surface area contributed by atoms with Gasteiger partial charge in [-0.3, -0.25) is 4.79 Å². The predicted octanol–water partition coefficient (Wildman–Crippen LogP) is 2.68. The van der Waals surface area contributed by atoms with Crippen LogP contribution in [-0.2, 0) is 4.74 Å². The summed E-state index contributed by atoms with van der Waals surface area (Å²) in [7, 11) is 1.45. The van der Waals surface area contributed by atoms with E-state index in [1.165, 1.54) is 19.4 Å². The van der Waals surface area contributed by atoms with Crippen LogP contribution in [0.2, 0.25) is 0 Å². The fourth-order valence-corrected chi connectivity index (χ4v) is 1.76. The van der Waals surface area contributed by atoms with Crippen LogP contribution in [0, 0.1) is 11.6 Å². The molecule has 1 amide bonds. The summed E-state index contributed by atoms with van der Waals surface area (Å²) in [6, 6.07) is 6.61. The lowest BCUT2D eigenvalue weighted by molar-refractivity contribution is 0.0734. The molecule has 0 saturated carbocycles. The highest BCUT2D eigenvalue weighted by Crippen LogP contribution is 2.17. The number of amides is 1. The van der Waals surface area contributed by atoms with Gasteiger partial charge in [-0.05, 0) is 24.3 Å². The average Bonchev–Trinajstić information content (AvgIpc) is 2.93. The molecule has 1 atom stereocenters. The van der Waals surface area contributed by atoms with Gasteiger partial charge in [-0.1, -0.05) is 6.07 Å². The lowest BCUT2D eigenvalue weighted by Crippen LogP contribution is -2.30. The smallest absolute Gasteiger partial charge is 0.257 e. The molecule has 0 fully saturated rings. The molecule has 2 rings (SSSR count). The zero-order valence-corrected chi connectivity index (χ0v) is 10.7. The van der Waals surface area contributed by atoms with E-state index in [-0.39, 0.29) is 6.54 Å². The van der Waals surface area contributed by atoms with E-state index in [2.05, 4.69) is 5.32 Å². The first-order chi connectivity index (χ1) is 9.63. The van der Waals surface area contributed by atoms with E-state index in [0.717, 1.165) is 12.1 Å². The van der Waals surface area contributed by atoms with Crippen molar-refractivity contribution in [1.29, 1.82) is 0 Å². The fraction of sp³-hybridized carbons (Fsp3) is 0.214. The first kappa shape index (κ1) is 14.2. The van der Waals surface area contributed by atoms with Gasteiger partial charge in [0.05, 0.1) is 12.8 Å². The molecule has 1 unspecified atom stereocenters. The first-order valence-electron chi connectivity index (χ1n) is 5.92. The molecule has 0 aliphatic carbocycles. The van der Waals surface area contributed by atoms with Crippen LogP contribution in [0.1, 0.15) is 22.2 Å². The third-order valence-corrected chi connectivity index (χ3v) is 2.78. The minimum Gasteiger partial charge on any atom is -0.467 e. The highest BCUT2D eigenvalue weighted by Gasteiger charge is 2.19. The molecule has 1 aromatic carbocycles. The Labute approximate surface area is 114 Å². The summed E-state index contributed by atoms with van der Waals surface area (Å²) in [6.07, 6.45) is 0.948. The quantitative estimate of drug-likeness (QED) is 0.916.